The Labute approximate surface area is 276 Å². The van der Waals surface area contributed by atoms with Gasteiger partial charge >= 0.3 is 11.9 Å². The van der Waals surface area contributed by atoms with Crippen LogP contribution in [-0.2, 0) is 28.6 Å². The van der Waals surface area contributed by atoms with Crippen LogP contribution in [0.1, 0.15) is 155 Å². The summed E-state index contributed by atoms with van der Waals surface area (Å²) in [6.45, 7) is 4.59. The van der Waals surface area contributed by atoms with Crippen LogP contribution in [0.15, 0.2) is 12.2 Å². The molecule has 0 aromatic heterocycles. The summed E-state index contributed by atoms with van der Waals surface area (Å²) in [6.07, 6.45) is 26.6. The van der Waals surface area contributed by atoms with Gasteiger partial charge in [-0.25, -0.2) is 0 Å². The summed E-state index contributed by atoms with van der Waals surface area (Å²) in [7, 11) is 5.39. The van der Waals surface area contributed by atoms with Gasteiger partial charge in [-0.1, -0.05) is 109 Å². The molecule has 0 amide bonds. The van der Waals surface area contributed by atoms with E-state index in [9.17, 15) is 19.5 Å². The van der Waals surface area contributed by atoms with Crippen molar-refractivity contribution in [2.75, 3.05) is 41.0 Å². The Balaban J connectivity index is 4.46. The zero-order valence-electron chi connectivity index (χ0n) is 29.8. The lowest BCUT2D eigenvalue weighted by molar-refractivity contribution is -0.889. The third kappa shape index (κ3) is 28.1. The summed E-state index contributed by atoms with van der Waals surface area (Å²) in [5.41, 5.74) is 0. The van der Waals surface area contributed by atoms with Crippen LogP contribution in [0.3, 0.4) is 0 Å². The minimum Gasteiger partial charge on any atom is -0.544 e. The highest BCUT2D eigenvalue weighted by Crippen LogP contribution is 2.13. The van der Waals surface area contributed by atoms with Gasteiger partial charge in [-0.2, -0.15) is 0 Å². The van der Waals surface area contributed by atoms with Crippen molar-refractivity contribution in [3.63, 3.8) is 0 Å². The molecule has 8 heteroatoms. The molecule has 0 aliphatic heterocycles. The van der Waals surface area contributed by atoms with Gasteiger partial charge in [0.2, 0.25) is 0 Å². The molecular weight excluding hydrogens is 570 g/mol. The van der Waals surface area contributed by atoms with Crippen molar-refractivity contribution < 1.29 is 38.2 Å². The topological polar surface area (TPSA) is 102 Å². The van der Waals surface area contributed by atoms with E-state index in [0.717, 1.165) is 51.4 Å². The van der Waals surface area contributed by atoms with Gasteiger partial charge in [0.1, 0.15) is 12.6 Å². The second-order valence-electron chi connectivity index (χ2n) is 13.5. The van der Waals surface area contributed by atoms with Gasteiger partial charge < -0.3 is 28.6 Å². The fraction of sp³-hybridized carbons (Fsp3) is 0.865. The molecule has 0 aromatic rings. The highest BCUT2D eigenvalue weighted by molar-refractivity contribution is 5.70. The quantitative estimate of drug-likeness (QED) is 0.0326. The molecule has 0 N–H and O–H groups in total. The predicted octanol–water partition coefficient (Wildman–Crippen LogP) is 7.46. The van der Waals surface area contributed by atoms with Gasteiger partial charge in [-0.15, -0.1) is 0 Å². The smallest absolute Gasteiger partial charge is 0.306 e. The normalized spacial score (nSPS) is 13.2. The molecule has 0 aliphatic rings. The van der Waals surface area contributed by atoms with E-state index >= 15 is 0 Å². The van der Waals surface area contributed by atoms with E-state index in [-0.39, 0.29) is 42.7 Å². The average Bonchev–Trinajstić information content (AvgIpc) is 2.98. The van der Waals surface area contributed by atoms with E-state index in [0.29, 0.717) is 12.8 Å². The largest absolute Gasteiger partial charge is 0.544 e. The Kier molecular flexibility index (Phi) is 28.2. The third-order valence-corrected chi connectivity index (χ3v) is 8.15. The van der Waals surface area contributed by atoms with Crippen LogP contribution in [0, 0.1) is 0 Å². The summed E-state index contributed by atoms with van der Waals surface area (Å²) in [5.74, 6) is -1.75. The number of likely N-dealkylation sites (N-methyl/N-ethyl adjacent to an activating group) is 1. The number of quaternary nitrogens is 1. The van der Waals surface area contributed by atoms with Gasteiger partial charge in [-0.3, -0.25) is 9.59 Å². The number of hydrogen-bond acceptors (Lipinski definition) is 7. The lowest BCUT2D eigenvalue weighted by atomic mass is 10.1. The number of aliphatic carboxylic acids is 1. The Morgan fingerprint density at radius 3 is 1.64 bits per heavy atom. The maximum Gasteiger partial charge on any atom is 0.306 e. The predicted molar refractivity (Wildman–Crippen MR) is 181 cm³/mol. The Morgan fingerprint density at radius 2 is 1.11 bits per heavy atom. The first-order chi connectivity index (χ1) is 21.6. The molecule has 0 bridgehead atoms. The number of carbonyl (C=O) groups is 3. The minimum absolute atomic E-state index is 0.0416. The van der Waals surface area contributed by atoms with Gasteiger partial charge in [0.15, 0.2) is 6.10 Å². The maximum absolute atomic E-state index is 12.6. The Hall–Kier alpha value is -1.93. The molecule has 2 atom stereocenters. The Morgan fingerprint density at radius 1 is 0.644 bits per heavy atom. The summed E-state index contributed by atoms with van der Waals surface area (Å²) in [4.78, 5) is 36.5. The molecule has 0 heterocycles. The highest BCUT2D eigenvalue weighted by Gasteiger charge is 2.25. The molecule has 0 spiro atoms. The van der Waals surface area contributed by atoms with Gasteiger partial charge in [0.25, 0.3) is 0 Å². The number of unbranched alkanes of at least 4 members (excludes halogenated alkanes) is 16. The van der Waals surface area contributed by atoms with E-state index in [4.69, 9.17) is 14.2 Å². The molecule has 0 aliphatic carbocycles. The van der Waals surface area contributed by atoms with Crippen LogP contribution >= 0.6 is 0 Å². The molecule has 0 aromatic carbocycles. The highest BCUT2D eigenvalue weighted by atomic mass is 16.6. The van der Waals surface area contributed by atoms with E-state index in [2.05, 4.69) is 26.0 Å². The molecular formula is C37H69NO7. The monoisotopic (exact) mass is 640 g/mol. The van der Waals surface area contributed by atoms with Gasteiger partial charge in [0.05, 0.1) is 40.3 Å². The van der Waals surface area contributed by atoms with Crippen molar-refractivity contribution >= 4 is 17.9 Å². The number of esters is 2. The second-order valence-corrected chi connectivity index (χ2v) is 13.5. The molecule has 0 fully saturated rings. The molecule has 0 radical (unpaired) electrons. The van der Waals surface area contributed by atoms with Gasteiger partial charge in [-0.05, 0) is 38.5 Å². The molecule has 45 heavy (non-hydrogen) atoms. The summed E-state index contributed by atoms with van der Waals surface area (Å²) in [6, 6.07) is -0.720. The fourth-order valence-corrected chi connectivity index (χ4v) is 5.24. The maximum atomic E-state index is 12.6. The van der Waals surface area contributed by atoms with Crippen molar-refractivity contribution in [1.82, 2.24) is 0 Å². The molecule has 0 saturated carbocycles. The Bertz CT molecular complexity index is 762. The SMILES string of the molecule is CCCCC/C=C\CCCCCCCC(=O)OC(COCCC(C(=O)[O-])[N+](C)(C)C)COC(=O)CCCCCCCCCCC. The first kappa shape index (κ1) is 43.1. The summed E-state index contributed by atoms with van der Waals surface area (Å²) >= 11 is 0. The minimum atomic E-state index is -1.13. The number of nitrogens with zero attached hydrogens (tertiary/aromatic N) is 1. The molecule has 0 rings (SSSR count). The lowest BCUT2D eigenvalue weighted by Gasteiger charge is -2.34. The molecule has 264 valence electrons. The van der Waals surface area contributed by atoms with E-state index in [1.165, 1.54) is 70.6 Å². The number of carboxylic acid groups (broad SMARTS) is 1. The van der Waals surface area contributed by atoms with E-state index < -0.39 is 18.1 Å². The fourth-order valence-electron chi connectivity index (χ4n) is 5.24. The number of hydrogen-bond donors (Lipinski definition) is 0. The third-order valence-electron chi connectivity index (χ3n) is 8.15. The van der Waals surface area contributed by atoms with Gasteiger partial charge in [0, 0.05) is 19.3 Å². The van der Waals surface area contributed by atoms with Crippen molar-refractivity contribution in [2.24, 2.45) is 0 Å². The van der Waals surface area contributed by atoms with Crippen molar-refractivity contribution in [2.45, 2.75) is 167 Å². The number of allylic oxidation sites excluding steroid dienone is 2. The van der Waals surface area contributed by atoms with Crippen molar-refractivity contribution in [3.8, 4) is 0 Å². The number of carbonyl (C=O) groups excluding carboxylic acids is 3. The van der Waals surface area contributed by atoms with Crippen LogP contribution in [0.25, 0.3) is 0 Å². The zero-order chi connectivity index (χ0) is 33.6. The van der Waals surface area contributed by atoms with Crippen molar-refractivity contribution in [1.29, 1.82) is 0 Å². The summed E-state index contributed by atoms with van der Waals surface area (Å²) in [5, 5.41) is 11.5. The van der Waals surface area contributed by atoms with E-state index in [1.807, 2.05) is 0 Å². The molecule has 0 saturated heterocycles. The summed E-state index contributed by atoms with van der Waals surface area (Å²) < 4.78 is 17.0. The van der Waals surface area contributed by atoms with Crippen LogP contribution < -0.4 is 5.11 Å². The first-order valence-corrected chi connectivity index (χ1v) is 18.2. The van der Waals surface area contributed by atoms with E-state index in [1.54, 1.807) is 21.1 Å². The van der Waals surface area contributed by atoms with Crippen LogP contribution in [0.2, 0.25) is 0 Å². The van der Waals surface area contributed by atoms with Crippen LogP contribution in [0.4, 0.5) is 0 Å². The zero-order valence-corrected chi connectivity index (χ0v) is 29.8. The first-order valence-electron chi connectivity index (χ1n) is 18.2. The number of carboxylic acids is 1. The van der Waals surface area contributed by atoms with Crippen molar-refractivity contribution in [3.05, 3.63) is 12.2 Å². The number of ether oxygens (including phenoxy) is 3. The second kappa shape index (κ2) is 29.5. The molecule has 2 unspecified atom stereocenters. The van der Waals surface area contributed by atoms with Crippen LogP contribution in [0.5, 0.6) is 0 Å². The standard InChI is InChI=1S/C37H69NO7/c1-6-8-10-12-14-16-17-18-20-22-24-26-28-36(40)45-33(31-43-30-29-34(37(41)42)38(3,4)5)32-44-35(39)27-25-23-21-19-15-13-11-9-7-2/h14,16,33-34H,6-13,15,17-32H2,1-5H3/b16-14-. The average molecular weight is 640 g/mol. The number of rotatable bonds is 32. The molecule has 8 nitrogen and oxygen atoms in total. The lowest BCUT2D eigenvalue weighted by Crippen LogP contribution is -2.55. The van der Waals surface area contributed by atoms with Crippen LogP contribution in [-0.4, -0.2) is 75.5 Å².